The molecular weight excluding hydrogens is 493 g/mol. The molecule has 0 atom stereocenters. The Bertz CT molecular complexity index is 1230. The standard InChI is InChI=1S/C25H28ClF3N6O/c1-15-6-7-16(10-19(15)17-13-31-24(30)32-14-17)23(36)33-21-12-18(25(27,28)29)11-20(26)22(21)35(4)9-5-8-34(2)3/h6-7,10-14H,5,8-9H2,1-4H3,(H,33,36)(H2,30,31,32). The van der Waals surface area contributed by atoms with E-state index in [0.29, 0.717) is 23.4 Å². The first-order chi connectivity index (χ1) is 16.9. The number of rotatable bonds is 8. The van der Waals surface area contributed by atoms with E-state index >= 15 is 0 Å². The maximum atomic E-state index is 13.5. The number of amides is 1. The fourth-order valence-corrected chi connectivity index (χ4v) is 4.09. The molecule has 0 fully saturated rings. The van der Waals surface area contributed by atoms with Crippen molar-refractivity contribution in [1.82, 2.24) is 14.9 Å². The van der Waals surface area contributed by atoms with Crippen LogP contribution in [0, 0.1) is 6.92 Å². The lowest BCUT2D eigenvalue weighted by Gasteiger charge is -2.26. The van der Waals surface area contributed by atoms with Crippen molar-refractivity contribution in [2.45, 2.75) is 19.5 Å². The molecule has 1 amide bonds. The molecule has 0 saturated heterocycles. The summed E-state index contributed by atoms with van der Waals surface area (Å²) in [5, 5.41) is 2.54. The molecule has 1 heterocycles. The highest BCUT2D eigenvalue weighted by molar-refractivity contribution is 6.34. The van der Waals surface area contributed by atoms with E-state index in [1.165, 1.54) is 0 Å². The Morgan fingerprint density at radius 1 is 1.08 bits per heavy atom. The Labute approximate surface area is 213 Å². The molecule has 0 aliphatic heterocycles. The summed E-state index contributed by atoms with van der Waals surface area (Å²) >= 11 is 6.32. The van der Waals surface area contributed by atoms with Crippen LogP contribution in [0.4, 0.5) is 30.5 Å². The van der Waals surface area contributed by atoms with Gasteiger partial charge in [0.05, 0.1) is 22.0 Å². The third-order valence-corrected chi connectivity index (χ3v) is 5.89. The van der Waals surface area contributed by atoms with Gasteiger partial charge >= 0.3 is 6.18 Å². The molecule has 11 heteroatoms. The van der Waals surface area contributed by atoms with Gasteiger partial charge in [0.2, 0.25) is 5.95 Å². The Morgan fingerprint density at radius 2 is 1.75 bits per heavy atom. The number of benzene rings is 2. The van der Waals surface area contributed by atoms with Crippen molar-refractivity contribution in [1.29, 1.82) is 0 Å². The first-order valence-corrected chi connectivity index (χ1v) is 11.5. The highest BCUT2D eigenvalue weighted by Crippen LogP contribution is 2.40. The van der Waals surface area contributed by atoms with Gasteiger partial charge in [-0.15, -0.1) is 0 Å². The topological polar surface area (TPSA) is 87.4 Å². The minimum atomic E-state index is -4.63. The van der Waals surface area contributed by atoms with E-state index in [2.05, 4.69) is 15.3 Å². The summed E-state index contributed by atoms with van der Waals surface area (Å²) < 4.78 is 40.6. The van der Waals surface area contributed by atoms with Crippen molar-refractivity contribution >= 4 is 34.8 Å². The number of nitrogen functional groups attached to an aromatic ring is 1. The lowest BCUT2D eigenvalue weighted by atomic mass is 10.00. The molecule has 0 aliphatic rings. The number of carbonyl (C=O) groups is 1. The third kappa shape index (κ3) is 6.64. The summed E-state index contributed by atoms with van der Waals surface area (Å²) in [7, 11) is 5.59. The normalized spacial score (nSPS) is 11.6. The monoisotopic (exact) mass is 520 g/mol. The SMILES string of the molecule is Cc1ccc(C(=O)Nc2cc(C(F)(F)F)cc(Cl)c2N(C)CCCN(C)C)cc1-c1cnc(N)nc1. The molecule has 0 bridgehead atoms. The molecule has 36 heavy (non-hydrogen) atoms. The third-order valence-electron chi connectivity index (χ3n) is 5.60. The maximum Gasteiger partial charge on any atom is 0.416 e. The molecule has 1 aromatic heterocycles. The zero-order valence-electron chi connectivity index (χ0n) is 20.4. The van der Waals surface area contributed by atoms with Crippen molar-refractivity contribution in [3.8, 4) is 11.1 Å². The van der Waals surface area contributed by atoms with Crippen LogP contribution in [0.2, 0.25) is 5.02 Å². The number of nitrogens with one attached hydrogen (secondary N) is 1. The fourth-order valence-electron chi connectivity index (χ4n) is 3.73. The highest BCUT2D eigenvalue weighted by Gasteiger charge is 2.33. The van der Waals surface area contributed by atoms with Crippen LogP contribution in [-0.4, -0.2) is 55.0 Å². The van der Waals surface area contributed by atoms with Crippen LogP contribution in [0.3, 0.4) is 0 Å². The lowest BCUT2D eigenvalue weighted by Crippen LogP contribution is -2.25. The quantitative estimate of drug-likeness (QED) is 0.416. The van der Waals surface area contributed by atoms with Gasteiger partial charge < -0.3 is 20.9 Å². The maximum absolute atomic E-state index is 13.5. The molecule has 3 N–H and O–H groups in total. The van der Waals surface area contributed by atoms with E-state index in [1.807, 2.05) is 25.9 Å². The van der Waals surface area contributed by atoms with Crippen molar-refractivity contribution < 1.29 is 18.0 Å². The highest BCUT2D eigenvalue weighted by atomic mass is 35.5. The van der Waals surface area contributed by atoms with Crippen LogP contribution in [0.1, 0.15) is 27.9 Å². The Balaban J connectivity index is 1.97. The molecule has 2 aromatic carbocycles. The van der Waals surface area contributed by atoms with E-state index in [1.54, 1.807) is 42.5 Å². The van der Waals surface area contributed by atoms with Gasteiger partial charge in [-0.3, -0.25) is 4.79 Å². The van der Waals surface area contributed by atoms with Crippen molar-refractivity contribution in [3.63, 3.8) is 0 Å². The van der Waals surface area contributed by atoms with E-state index in [-0.39, 0.29) is 22.2 Å². The average molecular weight is 521 g/mol. The summed E-state index contributed by atoms with van der Waals surface area (Å²) in [5.74, 6) is -0.458. The van der Waals surface area contributed by atoms with Crippen LogP contribution in [0.15, 0.2) is 42.7 Å². The van der Waals surface area contributed by atoms with E-state index in [4.69, 9.17) is 17.3 Å². The Hall–Kier alpha value is -3.37. The summed E-state index contributed by atoms with van der Waals surface area (Å²) in [6.07, 6.45) is -0.796. The largest absolute Gasteiger partial charge is 0.416 e. The van der Waals surface area contributed by atoms with Crippen molar-refractivity contribution in [2.75, 3.05) is 50.2 Å². The Morgan fingerprint density at radius 3 is 2.36 bits per heavy atom. The van der Waals surface area contributed by atoms with Gasteiger partial charge in [0.1, 0.15) is 0 Å². The smallest absolute Gasteiger partial charge is 0.372 e. The summed E-state index contributed by atoms with van der Waals surface area (Å²) in [6.45, 7) is 3.17. The molecule has 0 spiro atoms. The van der Waals surface area contributed by atoms with Gasteiger partial charge in [0, 0.05) is 37.1 Å². The molecule has 3 aromatic rings. The van der Waals surface area contributed by atoms with Crippen LogP contribution in [0.5, 0.6) is 0 Å². The number of hydrogen-bond donors (Lipinski definition) is 2. The van der Waals surface area contributed by atoms with Crippen LogP contribution in [0.25, 0.3) is 11.1 Å². The number of aryl methyl sites for hydroxylation is 1. The second-order valence-electron chi connectivity index (χ2n) is 8.74. The number of alkyl halides is 3. The first kappa shape index (κ1) is 27.2. The van der Waals surface area contributed by atoms with Crippen LogP contribution in [-0.2, 0) is 6.18 Å². The number of halogens is 4. The van der Waals surface area contributed by atoms with Crippen LogP contribution >= 0.6 is 11.6 Å². The zero-order chi connectivity index (χ0) is 26.6. The second-order valence-corrected chi connectivity index (χ2v) is 9.15. The van der Waals surface area contributed by atoms with Gasteiger partial charge in [-0.1, -0.05) is 17.7 Å². The predicted octanol–water partition coefficient (Wildman–Crippen LogP) is 5.35. The average Bonchev–Trinajstić information content (AvgIpc) is 2.78. The van der Waals surface area contributed by atoms with E-state index in [9.17, 15) is 18.0 Å². The number of aromatic nitrogens is 2. The van der Waals surface area contributed by atoms with Gasteiger partial charge in [-0.2, -0.15) is 13.2 Å². The van der Waals surface area contributed by atoms with Gasteiger partial charge in [0.25, 0.3) is 5.91 Å². The van der Waals surface area contributed by atoms with Gasteiger partial charge in [-0.05, 0) is 69.4 Å². The fraction of sp³-hybridized carbons (Fsp3) is 0.320. The summed E-state index contributed by atoms with van der Waals surface area (Å²) in [5.41, 5.74) is 7.38. The molecule has 3 rings (SSSR count). The number of anilines is 3. The molecule has 0 radical (unpaired) electrons. The van der Waals surface area contributed by atoms with E-state index in [0.717, 1.165) is 30.7 Å². The second kappa shape index (κ2) is 11.1. The molecule has 0 aliphatic carbocycles. The summed E-state index contributed by atoms with van der Waals surface area (Å²) in [6, 6.07) is 6.76. The minimum absolute atomic E-state index is 0.0230. The molecule has 192 valence electrons. The van der Waals surface area contributed by atoms with Crippen molar-refractivity contribution in [2.24, 2.45) is 0 Å². The van der Waals surface area contributed by atoms with Gasteiger partial charge in [-0.25, -0.2) is 9.97 Å². The molecule has 0 unspecified atom stereocenters. The summed E-state index contributed by atoms with van der Waals surface area (Å²) in [4.78, 5) is 24.9. The number of carbonyl (C=O) groups excluding carboxylic acids is 1. The van der Waals surface area contributed by atoms with Crippen molar-refractivity contribution in [3.05, 3.63) is 64.4 Å². The molecule has 7 nitrogen and oxygen atoms in total. The number of nitrogens with zero attached hydrogens (tertiary/aromatic N) is 4. The Kier molecular flexibility index (Phi) is 8.42. The predicted molar refractivity (Wildman–Crippen MR) is 137 cm³/mol. The first-order valence-electron chi connectivity index (χ1n) is 11.1. The molecular formula is C25H28ClF3N6O. The number of nitrogens with two attached hydrogens (primary N) is 1. The zero-order valence-corrected chi connectivity index (χ0v) is 21.2. The minimum Gasteiger partial charge on any atom is -0.372 e. The molecule has 0 saturated carbocycles. The lowest BCUT2D eigenvalue weighted by molar-refractivity contribution is -0.137. The van der Waals surface area contributed by atoms with E-state index < -0.39 is 17.6 Å². The van der Waals surface area contributed by atoms with Crippen LogP contribution < -0.4 is 16.0 Å². The van der Waals surface area contributed by atoms with Gasteiger partial charge in [0.15, 0.2) is 0 Å². The number of hydrogen-bond acceptors (Lipinski definition) is 6.